The van der Waals surface area contributed by atoms with Crippen LogP contribution >= 0.6 is 0 Å². The van der Waals surface area contributed by atoms with Gasteiger partial charge in [0.2, 0.25) is 0 Å². The molecule has 0 aromatic heterocycles. The van der Waals surface area contributed by atoms with Gasteiger partial charge in [-0.2, -0.15) is 0 Å². The normalized spacial score (nSPS) is 26.7. The van der Waals surface area contributed by atoms with Gasteiger partial charge in [0.25, 0.3) is 0 Å². The van der Waals surface area contributed by atoms with Crippen LogP contribution in [0.5, 0.6) is 0 Å². The van der Waals surface area contributed by atoms with Crippen LogP contribution in [-0.2, 0) is 21.6 Å². The summed E-state index contributed by atoms with van der Waals surface area (Å²) in [4.78, 5) is 12.4. The fourth-order valence-corrected chi connectivity index (χ4v) is 4.54. The molecule has 1 atom stereocenters. The highest BCUT2D eigenvalue weighted by Crippen LogP contribution is 2.58. The fourth-order valence-electron chi connectivity index (χ4n) is 4.54. The fraction of sp³-hybridized carbons (Fsp3) is 0.650. The van der Waals surface area contributed by atoms with Crippen molar-refractivity contribution in [1.82, 2.24) is 0 Å². The molecule has 2 aliphatic rings. The van der Waals surface area contributed by atoms with Gasteiger partial charge in [-0.15, -0.1) is 0 Å². The SMILES string of the molecule is CC(C)C(=O)OC1(C)c2ccccc2CCC12CCCCC2. The van der Waals surface area contributed by atoms with E-state index in [-0.39, 0.29) is 17.3 Å². The van der Waals surface area contributed by atoms with E-state index in [9.17, 15) is 4.79 Å². The molecule has 22 heavy (non-hydrogen) atoms. The van der Waals surface area contributed by atoms with Gasteiger partial charge < -0.3 is 4.74 Å². The van der Waals surface area contributed by atoms with E-state index in [1.807, 2.05) is 13.8 Å². The molecule has 1 aromatic rings. The number of ether oxygens (including phenoxy) is 1. The monoisotopic (exact) mass is 300 g/mol. The summed E-state index contributed by atoms with van der Waals surface area (Å²) in [6, 6.07) is 8.56. The summed E-state index contributed by atoms with van der Waals surface area (Å²) in [6.07, 6.45) is 8.47. The number of esters is 1. The Bertz CT molecular complexity index is 555. The molecular formula is C20H28O2. The lowest BCUT2D eigenvalue weighted by molar-refractivity contribution is -0.189. The van der Waals surface area contributed by atoms with Gasteiger partial charge in [0.1, 0.15) is 5.60 Å². The van der Waals surface area contributed by atoms with Crippen LogP contribution in [-0.4, -0.2) is 5.97 Å². The average Bonchev–Trinajstić information content (AvgIpc) is 2.53. The van der Waals surface area contributed by atoms with Crippen LogP contribution in [0.4, 0.5) is 0 Å². The Morgan fingerprint density at radius 1 is 1.09 bits per heavy atom. The van der Waals surface area contributed by atoms with Crippen molar-refractivity contribution in [1.29, 1.82) is 0 Å². The third-order valence-corrected chi connectivity index (χ3v) is 6.00. The number of hydrogen-bond acceptors (Lipinski definition) is 2. The topological polar surface area (TPSA) is 26.3 Å². The first-order valence-electron chi connectivity index (χ1n) is 8.80. The second-order valence-electron chi connectivity index (χ2n) is 7.61. The van der Waals surface area contributed by atoms with Crippen LogP contribution in [0.2, 0.25) is 0 Å². The third-order valence-electron chi connectivity index (χ3n) is 6.00. The Kier molecular flexibility index (Phi) is 4.05. The van der Waals surface area contributed by atoms with Crippen molar-refractivity contribution in [2.75, 3.05) is 0 Å². The van der Waals surface area contributed by atoms with Crippen LogP contribution in [0.15, 0.2) is 24.3 Å². The Morgan fingerprint density at radius 2 is 1.77 bits per heavy atom. The first-order chi connectivity index (χ1) is 10.5. The van der Waals surface area contributed by atoms with Gasteiger partial charge in [0.05, 0.1) is 5.92 Å². The van der Waals surface area contributed by atoms with E-state index in [2.05, 4.69) is 31.2 Å². The number of rotatable bonds is 2. The van der Waals surface area contributed by atoms with E-state index in [0.717, 1.165) is 12.8 Å². The lowest BCUT2D eigenvalue weighted by Crippen LogP contribution is -2.51. The lowest BCUT2D eigenvalue weighted by atomic mass is 9.56. The zero-order valence-corrected chi connectivity index (χ0v) is 14.2. The van der Waals surface area contributed by atoms with Crippen molar-refractivity contribution >= 4 is 5.97 Å². The van der Waals surface area contributed by atoms with Gasteiger partial charge in [-0.3, -0.25) is 4.79 Å². The summed E-state index contributed by atoms with van der Waals surface area (Å²) in [6.45, 7) is 6.03. The number of fused-ring (bicyclic) bond motifs is 1. The molecule has 2 nitrogen and oxygen atoms in total. The minimum atomic E-state index is -0.469. The number of hydrogen-bond donors (Lipinski definition) is 0. The Balaban J connectivity index is 2.07. The van der Waals surface area contributed by atoms with Crippen molar-refractivity contribution in [3.8, 4) is 0 Å². The van der Waals surface area contributed by atoms with E-state index in [1.54, 1.807) is 0 Å². The average molecular weight is 300 g/mol. The molecule has 1 saturated carbocycles. The highest BCUT2D eigenvalue weighted by Gasteiger charge is 2.54. The minimum absolute atomic E-state index is 0.0656. The first kappa shape index (κ1) is 15.6. The molecule has 2 aliphatic carbocycles. The molecule has 0 saturated heterocycles. The standard InChI is InChI=1S/C20H28O2/c1-15(2)18(21)22-19(3)17-10-6-5-9-16(17)11-14-20(19)12-7-4-8-13-20/h5-6,9-10,15H,4,7-8,11-14H2,1-3H3. The largest absolute Gasteiger partial charge is 0.454 e. The lowest BCUT2D eigenvalue weighted by Gasteiger charge is -2.54. The molecule has 0 N–H and O–H groups in total. The number of carbonyl (C=O) groups is 1. The number of benzene rings is 1. The molecule has 120 valence electrons. The quantitative estimate of drug-likeness (QED) is 0.719. The van der Waals surface area contributed by atoms with E-state index in [4.69, 9.17) is 4.74 Å². The van der Waals surface area contributed by atoms with Gasteiger partial charge in [-0.25, -0.2) is 0 Å². The van der Waals surface area contributed by atoms with Crippen molar-refractivity contribution in [2.45, 2.75) is 71.3 Å². The predicted octanol–water partition coefficient (Wildman–Crippen LogP) is 5.00. The van der Waals surface area contributed by atoms with Crippen molar-refractivity contribution in [3.05, 3.63) is 35.4 Å². The summed E-state index contributed by atoms with van der Waals surface area (Å²) in [7, 11) is 0. The van der Waals surface area contributed by atoms with E-state index >= 15 is 0 Å². The molecular weight excluding hydrogens is 272 g/mol. The summed E-state index contributed by atoms with van der Waals surface area (Å²) in [5.74, 6) is -0.143. The second-order valence-corrected chi connectivity index (χ2v) is 7.61. The molecule has 1 fully saturated rings. The van der Waals surface area contributed by atoms with Crippen LogP contribution in [0, 0.1) is 11.3 Å². The van der Waals surface area contributed by atoms with Gasteiger partial charge in [0, 0.05) is 5.41 Å². The molecule has 0 amide bonds. The van der Waals surface area contributed by atoms with Gasteiger partial charge in [-0.1, -0.05) is 57.4 Å². The summed E-state index contributed by atoms with van der Waals surface area (Å²) >= 11 is 0. The molecule has 0 radical (unpaired) electrons. The van der Waals surface area contributed by atoms with Gasteiger partial charge >= 0.3 is 5.97 Å². The van der Waals surface area contributed by atoms with E-state index in [0.29, 0.717) is 0 Å². The maximum absolute atomic E-state index is 12.4. The zero-order chi connectivity index (χ0) is 15.8. The third kappa shape index (κ3) is 2.37. The number of aryl methyl sites for hydroxylation is 1. The van der Waals surface area contributed by atoms with Crippen LogP contribution in [0.1, 0.15) is 70.4 Å². The molecule has 1 unspecified atom stereocenters. The Hall–Kier alpha value is -1.31. The molecule has 1 spiro atoms. The van der Waals surface area contributed by atoms with E-state index in [1.165, 1.54) is 43.2 Å². The molecule has 0 aliphatic heterocycles. The maximum Gasteiger partial charge on any atom is 0.309 e. The van der Waals surface area contributed by atoms with Crippen LogP contribution < -0.4 is 0 Å². The smallest absolute Gasteiger partial charge is 0.309 e. The molecule has 3 rings (SSSR count). The zero-order valence-electron chi connectivity index (χ0n) is 14.2. The molecule has 2 heteroatoms. The minimum Gasteiger partial charge on any atom is -0.454 e. The Morgan fingerprint density at radius 3 is 2.45 bits per heavy atom. The Labute approximate surface area is 134 Å². The van der Waals surface area contributed by atoms with Crippen molar-refractivity contribution in [3.63, 3.8) is 0 Å². The highest BCUT2D eigenvalue weighted by molar-refractivity contribution is 5.72. The molecule has 1 aromatic carbocycles. The van der Waals surface area contributed by atoms with E-state index < -0.39 is 5.60 Å². The van der Waals surface area contributed by atoms with Crippen molar-refractivity contribution < 1.29 is 9.53 Å². The predicted molar refractivity (Wildman–Crippen MR) is 88.6 cm³/mol. The van der Waals surface area contributed by atoms with Crippen LogP contribution in [0.3, 0.4) is 0 Å². The first-order valence-corrected chi connectivity index (χ1v) is 8.80. The second kappa shape index (κ2) is 5.72. The van der Waals surface area contributed by atoms with Crippen molar-refractivity contribution in [2.24, 2.45) is 11.3 Å². The number of carbonyl (C=O) groups excluding carboxylic acids is 1. The molecule has 0 bridgehead atoms. The summed E-state index contributed by atoms with van der Waals surface area (Å²) < 4.78 is 6.22. The van der Waals surface area contributed by atoms with Crippen LogP contribution in [0.25, 0.3) is 0 Å². The molecule has 0 heterocycles. The summed E-state index contributed by atoms with van der Waals surface area (Å²) in [5.41, 5.74) is 2.27. The highest BCUT2D eigenvalue weighted by atomic mass is 16.6. The summed E-state index contributed by atoms with van der Waals surface area (Å²) in [5, 5.41) is 0. The maximum atomic E-state index is 12.4. The van der Waals surface area contributed by atoms with Gasteiger partial charge in [-0.05, 0) is 43.7 Å². The van der Waals surface area contributed by atoms with Gasteiger partial charge in [0.15, 0.2) is 0 Å².